The highest BCUT2D eigenvalue weighted by Crippen LogP contribution is 2.33. The maximum absolute atomic E-state index is 13.4. The normalized spacial score (nSPS) is 11.7. The van der Waals surface area contributed by atoms with Crippen molar-refractivity contribution in [3.05, 3.63) is 77.7 Å². The molecule has 0 aliphatic heterocycles. The number of nitrogens with one attached hydrogen (secondary N) is 1. The van der Waals surface area contributed by atoms with Crippen LogP contribution < -0.4 is 14.8 Å². The Hall–Kier alpha value is -3.82. The third-order valence-electron chi connectivity index (χ3n) is 4.69. The van der Waals surface area contributed by atoms with Gasteiger partial charge in [0.05, 0.1) is 20.3 Å². The van der Waals surface area contributed by atoms with Crippen LogP contribution in [0.2, 0.25) is 0 Å². The highest BCUT2D eigenvalue weighted by Gasteiger charge is 2.34. The maximum atomic E-state index is 13.4. The fraction of sp³-hybridized carbons (Fsp3) is 0.190. The minimum absolute atomic E-state index is 0.0884. The fourth-order valence-electron chi connectivity index (χ4n) is 3.21. The van der Waals surface area contributed by atoms with E-state index in [2.05, 4.69) is 20.4 Å². The van der Waals surface area contributed by atoms with Crippen LogP contribution in [0.5, 0.6) is 11.5 Å². The fourth-order valence-corrected chi connectivity index (χ4v) is 3.21. The van der Waals surface area contributed by atoms with Crippen molar-refractivity contribution >= 4 is 11.6 Å². The molecule has 0 saturated carbocycles. The Labute approximate surface area is 175 Å². The lowest BCUT2D eigenvalue weighted by molar-refractivity contribution is -0.141. The molecule has 4 aromatic rings. The van der Waals surface area contributed by atoms with Crippen LogP contribution in [0.1, 0.15) is 22.9 Å². The highest BCUT2D eigenvalue weighted by atomic mass is 19.4. The van der Waals surface area contributed by atoms with Gasteiger partial charge in [0.25, 0.3) is 5.78 Å². The largest absolute Gasteiger partial charge is 0.497 e. The van der Waals surface area contributed by atoms with Crippen molar-refractivity contribution in [1.82, 2.24) is 19.6 Å². The van der Waals surface area contributed by atoms with Gasteiger partial charge in [0.2, 0.25) is 0 Å². The molecule has 2 aromatic carbocycles. The first-order chi connectivity index (χ1) is 14.9. The molecule has 4 rings (SSSR count). The van der Waals surface area contributed by atoms with Crippen molar-refractivity contribution in [3.8, 4) is 11.5 Å². The topological polar surface area (TPSA) is 73.6 Å². The molecule has 7 nitrogen and oxygen atoms in total. The second-order valence-electron chi connectivity index (χ2n) is 6.63. The zero-order valence-electron chi connectivity index (χ0n) is 16.6. The van der Waals surface area contributed by atoms with E-state index >= 15 is 0 Å². The average Bonchev–Trinajstić information content (AvgIpc) is 3.26. The number of benzene rings is 2. The molecular weight excluding hydrogens is 411 g/mol. The standard InChI is InChI=1S/C21H18F3N5O2/c1-30-15-7-3-5-13(9-15)19(14-6-4-8-16(10-14)31-2)28-18-11-17(21(22,23)24)27-20-25-12-26-29(18)20/h3-12,19,28H,1-2H3. The number of hydrogen-bond donors (Lipinski definition) is 1. The summed E-state index contributed by atoms with van der Waals surface area (Å²) in [6, 6.07) is 14.9. The molecule has 0 unspecified atom stereocenters. The van der Waals surface area contributed by atoms with Crippen LogP contribution in [-0.2, 0) is 6.18 Å². The van der Waals surface area contributed by atoms with Gasteiger partial charge >= 0.3 is 6.18 Å². The summed E-state index contributed by atoms with van der Waals surface area (Å²) >= 11 is 0. The van der Waals surface area contributed by atoms with Gasteiger partial charge in [0.1, 0.15) is 23.6 Å². The summed E-state index contributed by atoms with van der Waals surface area (Å²) in [7, 11) is 3.09. The van der Waals surface area contributed by atoms with Gasteiger partial charge in [-0.3, -0.25) is 0 Å². The average molecular weight is 429 g/mol. The van der Waals surface area contributed by atoms with Gasteiger partial charge in [-0.25, -0.2) is 4.98 Å². The summed E-state index contributed by atoms with van der Waals surface area (Å²) in [6.45, 7) is 0. The Morgan fingerprint density at radius 3 is 2.10 bits per heavy atom. The van der Waals surface area contributed by atoms with E-state index < -0.39 is 17.9 Å². The van der Waals surface area contributed by atoms with Crippen LogP contribution in [0.15, 0.2) is 60.9 Å². The second-order valence-corrected chi connectivity index (χ2v) is 6.63. The Balaban J connectivity index is 1.86. The Bertz CT molecular complexity index is 1160. The number of fused-ring (bicyclic) bond motifs is 1. The number of alkyl halides is 3. The van der Waals surface area contributed by atoms with Crippen LogP contribution in [0.4, 0.5) is 19.0 Å². The maximum Gasteiger partial charge on any atom is 0.433 e. The molecule has 0 aliphatic carbocycles. The van der Waals surface area contributed by atoms with Gasteiger partial charge in [-0.05, 0) is 35.4 Å². The Morgan fingerprint density at radius 2 is 1.55 bits per heavy atom. The van der Waals surface area contributed by atoms with Crippen molar-refractivity contribution in [1.29, 1.82) is 0 Å². The molecule has 0 amide bonds. The number of methoxy groups -OCH3 is 2. The van der Waals surface area contributed by atoms with Crippen molar-refractivity contribution in [2.24, 2.45) is 0 Å². The molecule has 2 aromatic heterocycles. The molecule has 10 heteroatoms. The molecule has 0 atom stereocenters. The van der Waals surface area contributed by atoms with Crippen LogP contribution in [-0.4, -0.2) is 33.8 Å². The predicted octanol–water partition coefficient (Wildman–Crippen LogP) is 4.36. The van der Waals surface area contributed by atoms with Crippen LogP contribution in [0.3, 0.4) is 0 Å². The van der Waals surface area contributed by atoms with E-state index in [1.165, 1.54) is 4.52 Å². The van der Waals surface area contributed by atoms with Crippen molar-refractivity contribution in [3.63, 3.8) is 0 Å². The summed E-state index contributed by atoms with van der Waals surface area (Å²) in [5.74, 6) is 1.16. The third-order valence-corrected chi connectivity index (χ3v) is 4.69. The predicted molar refractivity (Wildman–Crippen MR) is 107 cm³/mol. The van der Waals surface area contributed by atoms with Crippen molar-refractivity contribution in [2.75, 3.05) is 19.5 Å². The number of aromatic nitrogens is 4. The minimum Gasteiger partial charge on any atom is -0.497 e. The molecule has 1 N–H and O–H groups in total. The molecule has 0 bridgehead atoms. The Morgan fingerprint density at radius 1 is 0.935 bits per heavy atom. The van der Waals surface area contributed by atoms with Gasteiger partial charge in [-0.1, -0.05) is 24.3 Å². The first-order valence-corrected chi connectivity index (χ1v) is 9.21. The third kappa shape index (κ3) is 4.23. The van der Waals surface area contributed by atoms with Crippen LogP contribution >= 0.6 is 0 Å². The molecule has 0 aliphatic rings. The summed E-state index contributed by atoms with van der Waals surface area (Å²) < 4.78 is 52.1. The van der Waals surface area contributed by atoms with Gasteiger partial charge in [-0.15, -0.1) is 0 Å². The molecule has 160 valence electrons. The van der Waals surface area contributed by atoms with Gasteiger partial charge in [0.15, 0.2) is 5.69 Å². The van der Waals surface area contributed by atoms with Crippen LogP contribution in [0, 0.1) is 0 Å². The van der Waals surface area contributed by atoms with E-state index in [0.717, 1.165) is 23.5 Å². The molecule has 2 heterocycles. The number of rotatable bonds is 6. The molecule has 0 radical (unpaired) electrons. The molecule has 0 fully saturated rings. The van der Waals surface area contributed by atoms with Gasteiger partial charge in [0, 0.05) is 6.07 Å². The van der Waals surface area contributed by atoms with Gasteiger partial charge < -0.3 is 14.8 Å². The number of anilines is 1. The smallest absolute Gasteiger partial charge is 0.433 e. The lowest BCUT2D eigenvalue weighted by atomic mass is 9.98. The van der Waals surface area contributed by atoms with Crippen molar-refractivity contribution in [2.45, 2.75) is 12.2 Å². The quantitative estimate of drug-likeness (QED) is 0.491. The monoisotopic (exact) mass is 429 g/mol. The lowest BCUT2D eigenvalue weighted by Crippen LogP contribution is -2.18. The summed E-state index contributed by atoms with van der Waals surface area (Å²) in [5, 5.41) is 7.18. The first-order valence-electron chi connectivity index (χ1n) is 9.21. The summed E-state index contributed by atoms with van der Waals surface area (Å²) in [6.07, 6.45) is -3.48. The second kappa shape index (κ2) is 8.13. The van der Waals surface area contributed by atoms with Crippen LogP contribution in [0.25, 0.3) is 5.78 Å². The number of halogens is 3. The van der Waals surface area contributed by atoms with E-state index in [9.17, 15) is 13.2 Å². The van der Waals surface area contributed by atoms with Crippen molar-refractivity contribution < 1.29 is 22.6 Å². The zero-order chi connectivity index (χ0) is 22.0. The van der Waals surface area contributed by atoms with Gasteiger partial charge in [-0.2, -0.15) is 27.8 Å². The van der Waals surface area contributed by atoms with E-state index in [1.54, 1.807) is 26.4 Å². The SMILES string of the molecule is COc1cccc(C(Nc2cc(C(F)(F)F)nc3ncnn23)c2cccc(OC)c2)c1. The number of nitrogens with zero attached hydrogens (tertiary/aromatic N) is 4. The first kappa shape index (κ1) is 20.5. The summed E-state index contributed by atoms with van der Waals surface area (Å²) in [4.78, 5) is 7.38. The highest BCUT2D eigenvalue weighted by molar-refractivity contribution is 5.51. The Kier molecular flexibility index (Phi) is 5.37. The lowest BCUT2D eigenvalue weighted by Gasteiger charge is -2.22. The molecule has 0 saturated heterocycles. The van der Waals surface area contributed by atoms with E-state index in [0.29, 0.717) is 11.5 Å². The minimum atomic E-state index is -4.63. The number of ether oxygens (including phenoxy) is 2. The van der Waals surface area contributed by atoms with E-state index in [1.807, 2.05) is 36.4 Å². The van der Waals surface area contributed by atoms with E-state index in [-0.39, 0.29) is 11.6 Å². The molecular formula is C21H18F3N5O2. The van der Waals surface area contributed by atoms with E-state index in [4.69, 9.17) is 9.47 Å². The molecule has 0 spiro atoms. The zero-order valence-corrected chi connectivity index (χ0v) is 16.6. The molecule has 31 heavy (non-hydrogen) atoms. The number of hydrogen-bond acceptors (Lipinski definition) is 6. The summed E-state index contributed by atoms with van der Waals surface area (Å²) in [5.41, 5.74) is 0.475.